The Bertz CT molecular complexity index is 1060. The van der Waals surface area contributed by atoms with E-state index in [1.165, 1.54) is 31.0 Å². The van der Waals surface area contributed by atoms with E-state index in [4.69, 9.17) is 0 Å². The molecule has 0 aliphatic rings. The molecule has 0 spiro atoms. The average Bonchev–Trinajstić information content (AvgIpc) is 2.74. The van der Waals surface area contributed by atoms with Gasteiger partial charge in [-0.25, -0.2) is 4.79 Å². The second kappa shape index (κ2) is 9.16. The number of aliphatic imine (C=N–C) groups is 1. The number of ether oxygens (including phenoxy) is 1. The van der Waals surface area contributed by atoms with Crippen molar-refractivity contribution in [2.24, 2.45) is 4.99 Å². The molecule has 7 heteroatoms. The van der Waals surface area contributed by atoms with Gasteiger partial charge in [0, 0.05) is 33.7 Å². The molecule has 0 atom stereocenters. The zero-order chi connectivity index (χ0) is 20.8. The monoisotopic (exact) mass is 406 g/mol. The van der Waals surface area contributed by atoms with E-state index in [0.717, 1.165) is 15.4 Å². The minimum atomic E-state index is -0.428. The van der Waals surface area contributed by atoms with Crippen molar-refractivity contribution in [3.63, 3.8) is 0 Å². The molecule has 3 rings (SSSR count). The van der Waals surface area contributed by atoms with Crippen LogP contribution in [0.25, 0.3) is 0 Å². The molecule has 0 fully saturated rings. The molecule has 0 saturated heterocycles. The van der Waals surface area contributed by atoms with Crippen molar-refractivity contribution in [3.05, 3.63) is 93.5 Å². The fourth-order valence-electron chi connectivity index (χ4n) is 2.52. The molecule has 0 heterocycles. The summed E-state index contributed by atoms with van der Waals surface area (Å²) in [5, 5.41) is 11.2. The van der Waals surface area contributed by atoms with Gasteiger partial charge in [0.25, 0.3) is 5.69 Å². The van der Waals surface area contributed by atoms with E-state index in [1.54, 1.807) is 36.5 Å². The normalized spacial score (nSPS) is 10.8. The Labute approximate surface area is 172 Å². The fraction of sp³-hybridized carbons (Fsp3) is 0.0909. The molecule has 0 bridgehead atoms. The number of hydrogen-bond donors (Lipinski definition) is 0. The number of carbonyl (C=O) groups excluding carboxylic acids is 1. The van der Waals surface area contributed by atoms with Crippen LogP contribution in [0, 0.1) is 17.0 Å². The van der Waals surface area contributed by atoms with Crippen LogP contribution in [-0.2, 0) is 4.74 Å². The highest BCUT2D eigenvalue weighted by molar-refractivity contribution is 7.99. The van der Waals surface area contributed by atoms with Gasteiger partial charge in [0.15, 0.2) is 0 Å². The summed E-state index contributed by atoms with van der Waals surface area (Å²) < 4.78 is 4.68. The highest BCUT2D eigenvalue weighted by atomic mass is 32.2. The molecule has 6 nitrogen and oxygen atoms in total. The first-order valence-electron chi connectivity index (χ1n) is 8.71. The van der Waals surface area contributed by atoms with Crippen molar-refractivity contribution in [2.75, 3.05) is 7.11 Å². The summed E-state index contributed by atoms with van der Waals surface area (Å²) in [5.74, 6) is -0.420. The first kappa shape index (κ1) is 20.3. The third-order valence-electron chi connectivity index (χ3n) is 4.09. The van der Waals surface area contributed by atoms with E-state index in [2.05, 4.69) is 9.73 Å². The highest BCUT2D eigenvalue weighted by Gasteiger charge is 2.11. The van der Waals surface area contributed by atoms with Crippen molar-refractivity contribution >= 4 is 35.3 Å². The van der Waals surface area contributed by atoms with Crippen molar-refractivity contribution in [3.8, 4) is 0 Å². The number of nitro groups is 1. The van der Waals surface area contributed by atoms with Crippen LogP contribution in [0.5, 0.6) is 0 Å². The molecule has 0 aromatic heterocycles. The van der Waals surface area contributed by atoms with E-state index in [-0.39, 0.29) is 5.69 Å². The van der Waals surface area contributed by atoms with Crippen LogP contribution in [0.3, 0.4) is 0 Å². The molecule has 0 aliphatic heterocycles. The lowest BCUT2D eigenvalue weighted by Crippen LogP contribution is -1.99. The van der Waals surface area contributed by atoms with Crippen LogP contribution >= 0.6 is 11.8 Å². The SMILES string of the molecule is COC(=O)c1ccc(N=Cc2cc([N+](=O)[O-])ccc2Sc2ccc(C)cc2)cc1. The third-order valence-corrected chi connectivity index (χ3v) is 5.19. The number of methoxy groups -OCH3 is 1. The molecule has 0 saturated carbocycles. The number of aryl methyl sites for hydroxylation is 1. The Morgan fingerprint density at radius 3 is 2.38 bits per heavy atom. The maximum absolute atomic E-state index is 11.5. The molecule has 146 valence electrons. The van der Waals surface area contributed by atoms with E-state index in [1.807, 2.05) is 31.2 Å². The fourth-order valence-corrected chi connectivity index (χ4v) is 3.41. The third kappa shape index (κ3) is 5.30. The van der Waals surface area contributed by atoms with Gasteiger partial charge in [-0.1, -0.05) is 29.5 Å². The van der Waals surface area contributed by atoms with Gasteiger partial charge >= 0.3 is 5.97 Å². The smallest absolute Gasteiger partial charge is 0.337 e. The van der Waals surface area contributed by atoms with Crippen molar-refractivity contribution in [1.29, 1.82) is 0 Å². The maximum Gasteiger partial charge on any atom is 0.337 e. The second-order valence-corrected chi connectivity index (χ2v) is 7.31. The standard InChI is InChI=1S/C22H18N2O4S/c1-15-3-10-20(11-4-15)29-21-12-9-19(24(26)27)13-17(21)14-23-18-7-5-16(6-8-18)22(25)28-2/h3-14H,1-2H3. The Balaban J connectivity index is 1.90. The Morgan fingerprint density at radius 2 is 1.76 bits per heavy atom. The van der Waals surface area contributed by atoms with E-state index in [9.17, 15) is 14.9 Å². The number of carbonyl (C=O) groups is 1. The lowest BCUT2D eigenvalue weighted by molar-refractivity contribution is -0.384. The largest absolute Gasteiger partial charge is 0.465 e. The van der Waals surface area contributed by atoms with Gasteiger partial charge in [0.1, 0.15) is 0 Å². The summed E-state index contributed by atoms with van der Waals surface area (Å²) in [6.07, 6.45) is 1.59. The molecule has 0 unspecified atom stereocenters. The molecule has 29 heavy (non-hydrogen) atoms. The number of esters is 1. The predicted octanol–water partition coefficient (Wildman–Crippen LogP) is 5.59. The lowest BCUT2D eigenvalue weighted by Gasteiger charge is -2.06. The molecule has 0 amide bonds. The van der Waals surface area contributed by atoms with Crippen LogP contribution in [0.4, 0.5) is 11.4 Å². The predicted molar refractivity (Wildman–Crippen MR) is 113 cm³/mol. The molecule has 3 aromatic carbocycles. The van der Waals surface area contributed by atoms with Crippen LogP contribution in [0.15, 0.2) is 81.5 Å². The topological polar surface area (TPSA) is 81.8 Å². The van der Waals surface area contributed by atoms with Gasteiger partial charge < -0.3 is 4.74 Å². The minimum absolute atomic E-state index is 0.000690. The van der Waals surface area contributed by atoms with Crippen LogP contribution < -0.4 is 0 Å². The summed E-state index contributed by atoms with van der Waals surface area (Å²) in [5.41, 5.74) is 2.85. The highest BCUT2D eigenvalue weighted by Crippen LogP contribution is 2.32. The van der Waals surface area contributed by atoms with Gasteiger partial charge in [0.05, 0.1) is 23.3 Å². The number of rotatable bonds is 6. The number of nitro benzene ring substituents is 1. The quantitative estimate of drug-likeness (QED) is 0.231. The molecule has 3 aromatic rings. The zero-order valence-electron chi connectivity index (χ0n) is 15.9. The first-order valence-corrected chi connectivity index (χ1v) is 9.53. The Kier molecular flexibility index (Phi) is 6.41. The summed E-state index contributed by atoms with van der Waals surface area (Å²) in [7, 11) is 1.32. The first-order chi connectivity index (χ1) is 14.0. The summed E-state index contributed by atoms with van der Waals surface area (Å²) in [6, 6.07) is 19.4. The van der Waals surface area contributed by atoms with Gasteiger partial charge in [0.2, 0.25) is 0 Å². The van der Waals surface area contributed by atoms with Gasteiger partial charge in [-0.15, -0.1) is 0 Å². The van der Waals surface area contributed by atoms with Crippen LogP contribution in [-0.4, -0.2) is 24.2 Å². The minimum Gasteiger partial charge on any atom is -0.465 e. The van der Waals surface area contributed by atoms with Gasteiger partial charge in [-0.2, -0.15) is 0 Å². The number of nitrogens with zero attached hydrogens (tertiary/aromatic N) is 2. The van der Waals surface area contributed by atoms with E-state index in [0.29, 0.717) is 16.8 Å². The summed E-state index contributed by atoms with van der Waals surface area (Å²) in [6.45, 7) is 2.02. The zero-order valence-corrected chi connectivity index (χ0v) is 16.7. The number of non-ortho nitro benzene ring substituents is 1. The van der Waals surface area contributed by atoms with Crippen molar-refractivity contribution in [1.82, 2.24) is 0 Å². The van der Waals surface area contributed by atoms with Crippen molar-refractivity contribution < 1.29 is 14.5 Å². The van der Waals surface area contributed by atoms with Crippen LogP contribution in [0.1, 0.15) is 21.5 Å². The lowest BCUT2D eigenvalue weighted by atomic mass is 10.2. The van der Waals surface area contributed by atoms with E-state index < -0.39 is 10.9 Å². The van der Waals surface area contributed by atoms with Gasteiger partial charge in [-0.05, 0) is 49.4 Å². The molecular weight excluding hydrogens is 388 g/mol. The number of benzene rings is 3. The molecule has 0 N–H and O–H groups in total. The van der Waals surface area contributed by atoms with Crippen LogP contribution in [0.2, 0.25) is 0 Å². The van der Waals surface area contributed by atoms with Gasteiger partial charge in [-0.3, -0.25) is 15.1 Å². The summed E-state index contributed by atoms with van der Waals surface area (Å²) in [4.78, 5) is 28.6. The number of hydrogen-bond acceptors (Lipinski definition) is 6. The molecule has 0 radical (unpaired) electrons. The Hall–Kier alpha value is -3.45. The van der Waals surface area contributed by atoms with E-state index >= 15 is 0 Å². The molecule has 0 aliphatic carbocycles. The average molecular weight is 406 g/mol. The molecular formula is C22H18N2O4S. The maximum atomic E-state index is 11.5. The Morgan fingerprint density at radius 1 is 1.07 bits per heavy atom. The second-order valence-electron chi connectivity index (χ2n) is 6.19. The van der Waals surface area contributed by atoms with Crippen molar-refractivity contribution in [2.45, 2.75) is 16.7 Å². The summed E-state index contributed by atoms with van der Waals surface area (Å²) >= 11 is 1.51.